The van der Waals surface area contributed by atoms with Crippen molar-refractivity contribution in [2.45, 2.75) is 13.5 Å². The number of pyridine rings is 1. The lowest BCUT2D eigenvalue weighted by atomic mass is 10.2. The highest BCUT2D eigenvalue weighted by molar-refractivity contribution is 9.10. The zero-order chi connectivity index (χ0) is 14.7. The van der Waals surface area contributed by atoms with E-state index in [0.29, 0.717) is 16.9 Å². The van der Waals surface area contributed by atoms with Gasteiger partial charge in [0.1, 0.15) is 0 Å². The summed E-state index contributed by atoms with van der Waals surface area (Å²) in [6, 6.07) is 6.47. The first-order chi connectivity index (χ1) is 9.52. The highest BCUT2D eigenvalue weighted by Gasteiger charge is 2.19. The second-order valence-corrected chi connectivity index (χ2v) is 4.97. The van der Waals surface area contributed by atoms with Gasteiger partial charge in [-0.1, -0.05) is 6.07 Å². The quantitative estimate of drug-likeness (QED) is 0.682. The largest absolute Gasteiger partial charge is 0.430 e. The molecule has 2 rings (SSSR count). The average Bonchev–Trinajstić information content (AvgIpc) is 2.42. The molecule has 0 atom stereocenters. The molecule has 7 heteroatoms. The van der Waals surface area contributed by atoms with Gasteiger partial charge in [-0.15, -0.1) is 0 Å². The topological polar surface area (TPSA) is 91.3 Å². The van der Waals surface area contributed by atoms with Gasteiger partial charge in [0.15, 0.2) is 0 Å². The predicted octanol–water partition coefficient (Wildman–Crippen LogP) is 3.31. The van der Waals surface area contributed by atoms with Gasteiger partial charge in [-0.2, -0.15) is 0 Å². The minimum atomic E-state index is -0.496. The van der Waals surface area contributed by atoms with Crippen LogP contribution in [0.2, 0.25) is 0 Å². The molecule has 2 N–H and O–H groups in total. The van der Waals surface area contributed by atoms with E-state index in [1.807, 2.05) is 13.0 Å². The van der Waals surface area contributed by atoms with Crippen molar-refractivity contribution in [2.75, 3.05) is 0 Å². The zero-order valence-electron chi connectivity index (χ0n) is 10.7. The van der Waals surface area contributed by atoms with Gasteiger partial charge in [-0.25, -0.2) is 4.98 Å². The normalized spacial score (nSPS) is 10.3. The Balaban J connectivity index is 2.42. The summed E-state index contributed by atoms with van der Waals surface area (Å²) < 4.78 is 6.09. The Hall–Kier alpha value is -1.99. The van der Waals surface area contributed by atoms with E-state index in [1.165, 1.54) is 6.07 Å². The summed E-state index contributed by atoms with van der Waals surface area (Å²) >= 11 is 3.25. The van der Waals surface area contributed by atoms with E-state index >= 15 is 0 Å². The van der Waals surface area contributed by atoms with Crippen LogP contribution in [-0.2, 0) is 6.54 Å². The summed E-state index contributed by atoms with van der Waals surface area (Å²) in [6.07, 6.45) is 1.59. The lowest BCUT2D eigenvalue weighted by Gasteiger charge is -2.10. The number of hydrogen-bond donors (Lipinski definition) is 1. The molecule has 1 aromatic heterocycles. The molecule has 2 aromatic rings. The minimum Gasteiger partial charge on any atom is -0.430 e. The fraction of sp³-hybridized carbons (Fsp3) is 0.154. The molecule has 0 saturated carbocycles. The molecule has 0 unspecified atom stereocenters. The van der Waals surface area contributed by atoms with E-state index in [2.05, 4.69) is 20.9 Å². The summed E-state index contributed by atoms with van der Waals surface area (Å²) in [4.78, 5) is 14.7. The number of nitro groups is 1. The summed E-state index contributed by atoms with van der Waals surface area (Å²) in [5.41, 5.74) is 7.04. The molecule has 0 bridgehead atoms. The van der Waals surface area contributed by atoms with Crippen molar-refractivity contribution in [3.8, 4) is 11.6 Å². The molecule has 0 radical (unpaired) electrons. The van der Waals surface area contributed by atoms with Crippen molar-refractivity contribution < 1.29 is 9.66 Å². The van der Waals surface area contributed by atoms with E-state index in [4.69, 9.17) is 10.5 Å². The van der Waals surface area contributed by atoms with Crippen molar-refractivity contribution >= 4 is 21.6 Å². The monoisotopic (exact) mass is 337 g/mol. The number of hydrogen-bond acceptors (Lipinski definition) is 5. The lowest BCUT2D eigenvalue weighted by Crippen LogP contribution is -2.00. The number of aromatic nitrogens is 1. The third-order valence-corrected chi connectivity index (χ3v) is 3.29. The van der Waals surface area contributed by atoms with Crippen LogP contribution in [-0.4, -0.2) is 9.91 Å². The molecule has 0 saturated heterocycles. The maximum atomic E-state index is 11.0. The number of ether oxygens (including phenoxy) is 1. The average molecular weight is 338 g/mol. The van der Waals surface area contributed by atoms with Gasteiger partial charge in [-0.05, 0) is 40.5 Å². The van der Waals surface area contributed by atoms with Crippen molar-refractivity contribution in [2.24, 2.45) is 5.73 Å². The molecule has 1 aromatic carbocycles. The molecule has 0 aliphatic rings. The van der Waals surface area contributed by atoms with Crippen LogP contribution in [0.1, 0.15) is 11.1 Å². The first-order valence-corrected chi connectivity index (χ1v) is 6.58. The van der Waals surface area contributed by atoms with E-state index in [-0.39, 0.29) is 11.4 Å². The Morgan fingerprint density at radius 3 is 2.85 bits per heavy atom. The molecule has 1 heterocycles. The molecule has 0 amide bonds. The maximum Gasteiger partial charge on any atom is 0.312 e. The summed E-state index contributed by atoms with van der Waals surface area (Å²) in [7, 11) is 0. The molecule has 0 fully saturated rings. The van der Waals surface area contributed by atoms with Gasteiger partial charge >= 0.3 is 5.69 Å². The molecular formula is C13H12BrN3O3. The Labute approximate surface area is 123 Å². The first-order valence-electron chi connectivity index (χ1n) is 5.79. The zero-order valence-corrected chi connectivity index (χ0v) is 12.3. The molecule has 0 spiro atoms. The molecule has 6 nitrogen and oxygen atoms in total. The van der Waals surface area contributed by atoms with Crippen molar-refractivity contribution in [1.82, 2.24) is 4.98 Å². The van der Waals surface area contributed by atoms with E-state index in [9.17, 15) is 10.1 Å². The fourth-order valence-corrected chi connectivity index (χ4v) is 2.11. The van der Waals surface area contributed by atoms with Crippen molar-refractivity contribution in [3.63, 3.8) is 0 Å². The predicted molar refractivity (Wildman–Crippen MR) is 77.7 cm³/mol. The summed E-state index contributed by atoms with van der Waals surface area (Å²) in [5, 5.41) is 11.0. The van der Waals surface area contributed by atoms with Crippen LogP contribution >= 0.6 is 15.9 Å². The molecule has 104 valence electrons. The van der Waals surface area contributed by atoms with Crippen LogP contribution in [0.4, 0.5) is 5.69 Å². The number of nitrogens with zero attached hydrogens (tertiary/aromatic N) is 2. The van der Waals surface area contributed by atoms with Gasteiger partial charge in [0.2, 0.25) is 11.6 Å². The van der Waals surface area contributed by atoms with Crippen LogP contribution in [0.3, 0.4) is 0 Å². The highest BCUT2D eigenvalue weighted by atomic mass is 79.9. The molecule has 0 aliphatic heterocycles. The second kappa shape index (κ2) is 5.98. The van der Waals surface area contributed by atoms with Gasteiger partial charge < -0.3 is 10.5 Å². The van der Waals surface area contributed by atoms with Gasteiger partial charge in [-0.3, -0.25) is 10.1 Å². The van der Waals surface area contributed by atoms with Crippen LogP contribution in [0, 0.1) is 17.0 Å². The van der Waals surface area contributed by atoms with E-state index < -0.39 is 4.92 Å². The number of halogens is 1. The number of nitrogens with two attached hydrogens (primary N) is 1. The second-order valence-electron chi connectivity index (χ2n) is 4.12. The molecule has 0 aliphatic carbocycles. The maximum absolute atomic E-state index is 11.0. The van der Waals surface area contributed by atoms with E-state index in [0.717, 1.165) is 11.1 Å². The lowest BCUT2D eigenvalue weighted by molar-refractivity contribution is -0.385. The first kappa shape index (κ1) is 14.4. The Kier molecular flexibility index (Phi) is 4.31. The van der Waals surface area contributed by atoms with Crippen LogP contribution in [0.25, 0.3) is 0 Å². The third kappa shape index (κ3) is 2.94. The van der Waals surface area contributed by atoms with Crippen molar-refractivity contribution in [1.29, 1.82) is 0 Å². The van der Waals surface area contributed by atoms with Crippen molar-refractivity contribution in [3.05, 3.63) is 56.2 Å². The molecule has 20 heavy (non-hydrogen) atoms. The number of para-hydroxylation sites is 1. The van der Waals surface area contributed by atoms with Crippen LogP contribution < -0.4 is 10.5 Å². The SMILES string of the molecule is Cc1cc(CN)cnc1Oc1c(Br)cccc1[N+](=O)[O-]. The standard InChI is InChI=1S/C13H12BrN3O3/c1-8-5-9(6-15)7-16-13(8)20-12-10(14)3-2-4-11(12)17(18)19/h2-5,7H,6,15H2,1H3. The number of benzene rings is 1. The Morgan fingerprint density at radius 2 is 2.25 bits per heavy atom. The Bertz CT molecular complexity index is 661. The number of nitro benzene ring substituents is 1. The van der Waals surface area contributed by atoms with Gasteiger partial charge in [0.05, 0.1) is 9.40 Å². The van der Waals surface area contributed by atoms with Gasteiger partial charge in [0.25, 0.3) is 0 Å². The number of rotatable bonds is 4. The molecular weight excluding hydrogens is 326 g/mol. The van der Waals surface area contributed by atoms with Gasteiger partial charge in [0, 0.05) is 24.4 Å². The van der Waals surface area contributed by atoms with Crippen LogP contribution in [0.5, 0.6) is 11.6 Å². The highest BCUT2D eigenvalue weighted by Crippen LogP contribution is 2.38. The smallest absolute Gasteiger partial charge is 0.312 e. The number of aryl methyl sites for hydroxylation is 1. The fourth-order valence-electron chi connectivity index (χ4n) is 1.68. The minimum absolute atomic E-state index is 0.122. The summed E-state index contributed by atoms with van der Waals surface area (Å²) in [5.74, 6) is 0.450. The third-order valence-electron chi connectivity index (χ3n) is 2.66. The van der Waals surface area contributed by atoms with E-state index in [1.54, 1.807) is 18.3 Å². The Morgan fingerprint density at radius 1 is 1.50 bits per heavy atom. The summed E-state index contributed by atoms with van der Waals surface area (Å²) in [6.45, 7) is 2.19. The van der Waals surface area contributed by atoms with Crippen LogP contribution in [0.15, 0.2) is 34.9 Å².